The molecular weight excluding hydrogens is 281 g/mol. The van der Waals surface area contributed by atoms with E-state index in [1.165, 1.54) is 24.4 Å². The molecule has 19 heavy (non-hydrogen) atoms. The Hall–Kier alpha value is -2.02. The van der Waals surface area contributed by atoms with Gasteiger partial charge in [0.2, 0.25) is 5.95 Å². The Morgan fingerprint density at radius 2 is 1.95 bits per heavy atom. The summed E-state index contributed by atoms with van der Waals surface area (Å²) in [5.74, 6) is 0.132. The molecule has 1 aromatic heterocycles. The minimum absolute atomic E-state index is 0.00799. The highest BCUT2D eigenvalue weighted by Crippen LogP contribution is 2.37. The zero-order chi connectivity index (χ0) is 14.0. The van der Waals surface area contributed by atoms with Gasteiger partial charge in [0, 0.05) is 11.2 Å². The van der Waals surface area contributed by atoms with Crippen molar-refractivity contribution in [1.82, 2.24) is 9.97 Å². The minimum Gasteiger partial charge on any atom is -0.384 e. The summed E-state index contributed by atoms with van der Waals surface area (Å²) in [6.45, 7) is 0. The van der Waals surface area contributed by atoms with Gasteiger partial charge in [-0.2, -0.15) is 18.2 Å². The van der Waals surface area contributed by atoms with Crippen molar-refractivity contribution in [1.29, 1.82) is 0 Å². The number of benzene rings is 1. The molecule has 0 fully saturated rings. The smallest absolute Gasteiger partial charge is 0.384 e. The summed E-state index contributed by atoms with van der Waals surface area (Å²) in [4.78, 5) is 7.55. The molecule has 2 rings (SSSR count). The van der Waals surface area contributed by atoms with E-state index in [4.69, 9.17) is 17.3 Å². The molecular formula is C11H8ClF3N4. The summed E-state index contributed by atoms with van der Waals surface area (Å²) in [5, 5.41) is 2.46. The molecule has 0 radical (unpaired) electrons. The van der Waals surface area contributed by atoms with E-state index in [-0.39, 0.29) is 22.5 Å². The third kappa shape index (κ3) is 3.25. The van der Waals surface area contributed by atoms with Crippen molar-refractivity contribution in [2.45, 2.75) is 6.18 Å². The van der Waals surface area contributed by atoms with Crippen LogP contribution >= 0.6 is 11.6 Å². The lowest BCUT2D eigenvalue weighted by Crippen LogP contribution is -2.10. The summed E-state index contributed by atoms with van der Waals surface area (Å²) < 4.78 is 38.5. The highest BCUT2D eigenvalue weighted by molar-refractivity contribution is 6.30. The number of nitrogens with one attached hydrogen (secondary N) is 1. The first kappa shape index (κ1) is 13.4. The van der Waals surface area contributed by atoms with E-state index < -0.39 is 11.7 Å². The lowest BCUT2D eigenvalue weighted by molar-refractivity contribution is -0.136. The molecule has 0 spiro atoms. The maximum atomic E-state index is 12.8. The number of nitrogens with two attached hydrogens (primary N) is 1. The van der Waals surface area contributed by atoms with Gasteiger partial charge in [-0.1, -0.05) is 11.6 Å². The summed E-state index contributed by atoms with van der Waals surface area (Å²) >= 11 is 5.57. The number of alkyl halides is 3. The Morgan fingerprint density at radius 3 is 2.58 bits per heavy atom. The zero-order valence-corrected chi connectivity index (χ0v) is 10.1. The predicted molar refractivity (Wildman–Crippen MR) is 66.2 cm³/mol. The van der Waals surface area contributed by atoms with Gasteiger partial charge in [0.05, 0.1) is 11.3 Å². The standard InChI is InChI=1S/C11H8ClF3N4/c12-6-1-2-8(7(5-6)11(13,14)15)18-10-17-4-3-9(16)19-10/h1-5H,(H3,16,17,18,19). The van der Waals surface area contributed by atoms with Gasteiger partial charge in [-0.3, -0.25) is 0 Å². The number of nitrogens with zero attached hydrogens (tertiary/aromatic N) is 2. The highest BCUT2D eigenvalue weighted by Gasteiger charge is 2.34. The molecule has 2 aromatic rings. The van der Waals surface area contributed by atoms with Crippen LogP contribution in [0.5, 0.6) is 0 Å². The Balaban J connectivity index is 2.40. The molecule has 0 bridgehead atoms. The molecule has 0 atom stereocenters. The van der Waals surface area contributed by atoms with Crippen molar-refractivity contribution in [3.63, 3.8) is 0 Å². The minimum atomic E-state index is -4.53. The lowest BCUT2D eigenvalue weighted by Gasteiger charge is -2.14. The molecule has 1 aromatic carbocycles. The van der Waals surface area contributed by atoms with Gasteiger partial charge in [0.15, 0.2) is 0 Å². The zero-order valence-electron chi connectivity index (χ0n) is 9.37. The quantitative estimate of drug-likeness (QED) is 0.888. The van der Waals surface area contributed by atoms with E-state index in [1.54, 1.807) is 0 Å². The number of nitrogen functional groups attached to an aromatic ring is 1. The van der Waals surface area contributed by atoms with Gasteiger partial charge in [-0.15, -0.1) is 0 Å². The molecule has 0 unspecified atom stereocenters. The van der Waals surface area contributed by atoms with Crippen molar-refractivity contribution < 1.29 is 13.2 Å². The van der Waals surface area contributed by atoms with Crippen LogP contribution in [0.4, 0.5) is 30.6 Å². The average molecular weight is 289 g/mol. The molecule has 0 aliphatic carbocycles. The van der Waals surface area contributed by atoms with Gasteiger partial charge >= 0.3 is 6.18 Å². The molecule has 1 heterocycles. The van der Waals surface area contributed by atoms with Gasteiger partial charge < -0.3 is 11.1 Å². The third-order valence-electron chi connectivity index (χ3n) is 2.21. The van der Waals surface area contributed by atoms with Crippen molar-refractivity contribution in [2.75, 3.05) is 11.1 Å². The molecule has 100 valence electrons. The van der Waals surface area contributed by atoms with Crippen molar-refractivity contribution >= 4 is 29.1 Å². The number of anilines is 3. The van der Waals surface area contributed by atoms with E-state index in [0.717, 1.165) is 6.07 Å². The molecule has 8 heteroatoms. The maximum absolute atomic E-state index is 12.8. The number of aromatic nitrogens is 2. The number of hydrogen-bond acceptors (Lipinski definition) is 4. The second-order valence-corrected chi connectivity index (χ2v) is 4.05. The Morgan fingerprint density at radius 1 is 1.21 bits per heavy atom. The summed E-state index contributed by atoms with van der Waals surface area (Å²) in [7, 11) is 0. The van der Waals surface area contributed by atoms with Crippen LogP contribution in [0.15, 0.2) is 30.5 Å². The van der Waals surface area contributed by atoms with Crippen molar-refractivity contribution in [3.8, 4) is 0 Å². The van der Waals surface area contributed by atoms with Crippen LogP contribution in [0, 0.1) is 0 Å². The topological polar surface area (TPSA) is 63.8 Å². The molecule has 0 amide bonds. The monoisotopic (exact) mass is 288 g/mol. The third-order valence-corrected chi connectivity index (χ3v) is 2.45. The second-order valence-electron chi connectivity index (χ2n) is 3.62. The summed E-state index contributed by atoms with van der Waals surface area (Å²) in [5.41, 5.74) is 4.34. The maximum Gasteiger partial charge on any atom is 0.418 e. The number of hydrogen-bond donors (Lipinski definition) is 2. The van der Waals surface area contributed by atoms with Crippen LogP contribution in [0.2, 0.25) is 5.02 Å². The number of halogens is 4. The van der Waals surface area contributed by atoms with Crippen LogP contribution in [0.25, 0.3) is 0 Å². The molecule has 4 nitrogen and oxygen atoms in total. The lowest BCUT2D eigenvalue weighted by atomic mass is 10.1. The summed E-state index contributed by atoms with van der Waals surface area (Å²) in [6.07, 6.45) is -3.19. The SMILES string of the molecule is Nc1ccnc(Nc2ccc(Cl)cc2C(F)(F)F)n1. The first-order chi connectivity index (χ1) is 8.86. The Bertz CT molecular complexity index is 601. The molecule has 0 aliphatic heterocycles. The normalized spacial score (nSPS) is 11.4. The summed E-state index contributed by atoms with van der Waals surface area (Å²) in [6, 6.07) is 4.80. The first-order valence-corrected chi connectivity index (χ1v) is 5.46. The first-order valence-electron chi connectivity index (χ1n) is 5.08. The van der Waals surface area contributed by atoms with E-state index in [2.05, 4.69) is 15.3 Å². The van der Waals surface area contributed by atoms with Gasteiger partial charge in [0.25, 0.3) is 0 Å². The fraction of sp³-hybridized carbons (Fsp3) is 0.0909. The van der Waals surface area contributed by atoms with Crippen LogP contribution < -0.4 is 11.1 Å². The van der Waals surface area contributed by atoms with E-state index in [9.17, 15) is 13.2 Å². The van der Waals surface area contributed by atoms with Crippen LogP contribution in [0.1, 0.15) is 5.56 Å². The van der Waals surface area contributed by atoms with E-state index in [1.807, 2.05) is 0 Å². The molecule has 0 aliphatic rings. The van der Waals surface area contributed by atoms with Crippen LogP contribution in [0.3, 0.4) is 0 Å². The van der Waals surface area contributed by atoms with E-state index in [0.29, 0.717) is 0 Å². The van der Waals surface area contributed by atoms with Gasteiger partial charge in [-0.05, 0) is 24.3 Å². The van der Waals surface area contributed by atoms with Crippen molar-refractivity contribution in [3.05, 3.63) is 41.0 Å². The molecule has 3 N–H and O–H groups in total. The van der Waals surface area contributed by atoms with Gasteiger partial charge in [-0.25, -0.2) is 4.98 Å². The second kappa shape index (κ2) is 4.93. The highest BCUT2D eigenvalue weighted by atomic mass is 35.5. The van der Waals surface area contributed by atoms with Crippen LogP contribution in [-0.2, 0) is 6.18 Å². The average Bonchev–Trinajstić information content (AvgIpc) is 2.30. The Labute approximate surface area is 111 Å². The largest absolute Gasteiger partial charge is 0.418 e. The van der Waals surface area contributed by atoms with E-state index >= 15 is 0 Å². The van der Waals surface area contributed by atoms with Crippen LogP contribution in [-0.4, -0.2) is 9.97 Å². The molecule has 0 saturated heterocycles. The number of rotatable bonds is 2. The van der Waals surface area contributed by atoms with Crippen molar-refractivity contribution in [2.24, 2.45) is 0 Å². The Kier molecular flexibility index (Phi) is 3.48. The predicted octanol–water partition coefficient (Wildman–Crippen LogP) is 3.47. The van der Waals surface area contributed by atoms with Gasteiger partial charge in [0.1, 0.15) is 5.82 Å². The molecule has 0 saturated carbocycles. The fourth-order valence-corrected chi connectivity index (χ4v) is 1.59. The fourth-order valence-electron chi connectivity index (χ4n) is 1.41.